The molecule has 1 aromatic heterocycles. The number of ether oxygens (including phenoxy) is 1. The summed E-state index contributed by atoms with van der Waals surface area (Å²) >= 11 is 0. The Morgan fingerprint density at radius 2 is 1.75 bits per heavy atom. The van der Waals surface area contributed by atoms with Crippen molar-refractivity contribution < 1.29 is 9.13 Å². The van der Waals surface area contributed by atoms with Gasteiger partial charge < -0.3 is 10.1 Å². The maximum absolute atomic E-state index is 13.0. The van der Waals surface area contributed by atoms with Crippen LogP contribution >= 0.6 is 0 Å². The Labute approximate surface area is 138 Å². The van der Waals surface area contributed by atoms with Crippen LogP contribution in [-0.4, -0.2) is 21.9 Å². The molecular formula is C17H16FN5O. The van der Waals surface area contributed by atoms with Gasteiger partial charge in [0.15, 0.2) is 5.49 Å². The van der Waals surface area contributed by atoms with Gasteiger partial charge in [0.05, 0.1) is 7.11 Å². The van der Waals surface area contributed by atoms with Gasteiger partial charge in [0.2, 0.25) is 5.95 Å². The summed E-state index contributed by atoms with van der Waals surface area (Å²) in [6.07, 6.45) is 0. The zero-order chi connectivity index (χ0) is 17.1. The van der Waals surface area contributed by atoms with Crippen LogP contribution in [0.4, 0.5) is 16.0 Å². The molecule has 0 aliphatic carbocycles. The number of hydrogen-bond donors (Lipinski definition) is 2. The van der Waals surface area contributed by atoms with E-state index in [0.717, 1.165) is 11.3 Å². The summed E-state index contributed by atoms with van der Waals surface area (Å²) in [5, 5.41) is 15.4. The number of aryl methyl sites for hydroxylation is 1. The molecule has 6 nitrogen and oxygen atoms in total. The minimum Gasteiger partial charge on any atom is -0.497 e. The average molecular weight is 325 g/mol. The Kier molecular flexibility index (Phi) is 4.24. The van der Waals surface area contributed by atoms with Crippen LogP contribution < -0.4 is 15.5 Å². The molecule has 0 fully saturated rings. The number of methoxy groups -OCH3 is 1. The van der Waals surface area contributed by atoms with Crippen LogP contribution in [0.3, 0.4) is 0 Å². The Balaban J connectivity index is 1.98. The van der Waals surface area contributed by atoms with Crippen LogP contribution in [-0.2, 0) is 7.05 Å². The van der Waals surface area contributed by atoms with Gasteiger partial charge >= 0.3 is 0 Å². The molecule has 1 heterocycles. The fourth-order valence-corrected chi connectivity index (χ4v) is 2.19. The van der Waals surface area contributed by atoms with Gasteiger partial charge in [-0.1, -0.05) is 0 Å². The molecule has 0 unspecified atom stereocenters. The van der Waals surface area contributed by atoms with Crippen molar-refractivity contribution in [1.29, 1.82) is 5.41 Å². The number of nitrogens with zero attached hydrogens (tertiary/aromatic N) is 3. The first-order chi connectivity index (χ1) is 11.6. The van der Waals surface area contributed by atoms with Gasteiger partial charge in [0, 0.05) is 18.3 Å². The average Bonchev–Trinajstić information content (AvgIpc) is 2.60. The first-order valence-electron chi connectivity index (χ1n) is 7.24. The first-order valence-corrected chi connectivity index (χ1v) is 7.24. The summed E-state index contributed by atoms with van der Waals surface area (Å²) < 4.78 is 19.6. The largest absolute Gasteiger partial charge is 0.497 e. The smallest absolute Gasteiger partial charge is 0.245 e. The highest BCUT2D eigenvalue weighted by atomic mass is 19.1. The molecule has 7 heteroatoms. The maximum Gasteiger partial charge on any atom is 0.245 e. The lowest BCUT2D eigenvalue weighted by atomic mass is 10.1. The zero-order valence-electron chi connectivity index (χ0n) is 13.2. The molecule has 0 amide bonds. The molecule has 0 saturated carbocycles. The van der Waals surface area contributed by atoms with Crippen molar-refractivity contribution in [2.24, 2.45) is 7.05 Å². The van der Waals surface area contributed by atoms with Crippen molar-refractivity contribution in [3.05, 3.63) is 59.8 Å². The Bertz CT molecular complexity index is 904. The second-order valence-electron chi connectivity index (χ2n) is 5.12. The van der Waals surface area contributed by atoms with Gasteiger partial charge in [-0.2, -0.15) is 0 Å². The van der Waals surface area contributed by atoms with E-state index in [-0.39, 0.29) is 11.3 Å². The number of benzene rings is 2. The van der Waals surface area contributed by atoms with Gasteiger partial charge in [-0.05, 0) is 48.5 Å². The first kappa shape index (κ1) is 15.7. The minimum atomic E-state index is -0.313. The topological polar surface area (TPSA) is 75.8 Å². The molecule has 0 atom stereocenters. The van der Waals surface area contributed by atoms with Crippen LogP contribution in [0, 0.1) is 11.2 Å². The molecule has 0 aliphatic rings. The quantitative estimate of drug-likeness (QED) is 0.773. The normalized spacial score (nSPS) is 10.5. The minimum absolute atomic E-state index is 0.185. The number of halogens is 1. The summed E-state index contributed by atoms with van der Waals surface area (Å²) in [5.41, 5.74) is 2.11. The van der Waals surface area contributed by atoms with Gasteiger partial charge in [-0.25, -0.2) is 14.1 Å². The third kappa shape index (κ3) is 3.24. The second-order valence-corrected chi connectivity index (χ2v) is 5.12. The van der Waals surface area contributed by atoms with Crippen LogP contribution in [0.2, 0.25) is 0 Å². The highest BCUT2D eigenvalue weighted by molar-refractivity contribution is 5.61. The summed E-state index contributed by atoms with van der Waals surface area (Å²) in [6, 6.07) is 13.2. The maximum atomic E-state index is 13.0. The highest BCUT2D eigenvalue weighted by Crippen LogP contribution is 2.20. The van der Waals surface area contributed by atoms with Crippen molar-refractivity contribution in [2.45, 2.75) is 0 Å². The molecule has 24 heavy (non-hydrogen) atoms. The summed E-state index contributed by atoms with van der Waals surface area (Å²) in [7, 11) is 3.27. The third-order valence-corrected chi connectivity index (χ3v) is 3.47. The van der Waals surface area contributed by atoms with Gasteiger partial charge in [-0.3, -0.25) is 5.41 Å². The standard InChI is InChI=1S/C17H16FN5O/c1-23-16(19)15(11-3-9-14(24-2)10-4-11)21-17(22-23)20-13-7-5-12(18)6-8-13/h3-10,19H,1-2H3,(H,20,22). The molecule has 3 rings (SSSR count). The molecule has 0 spiro atoms. The van der Waals surface area contributed by atoms with E-state index in [1.54, 1.807) is 26.3 Å². The Morgan fingerprint density at radius 1 is 1.08 bits per heavy atom. The SMILES string of the molecule is COc1ccc(-c2nc(Nc3ccc(F)cc3)nn(C)c2=N)cc1. The fraction of sp³-hybridized carbons (Fsp3) is 0.118. The van der Waals surface area contributed by atoms with Crippen molar-refractivity contribution in [2.75, 3.05) is 12.4 Å². The van der Waals surface area contributed by atoms with Crippen LogP contribution in [0.15, 0.2) is 48.5 Å². The van der Waals surface area contributed by atoms with Crippen molar-refractivity contribution in [3.63, 3.8) is 0 Å². The van der Waals surface area contributed by atoms with Gasteiger partial charge in [0.25, 0.3) is 0 Å². The van der Waals surface area contributed by atoms with Gasteiger partial charge in [0.1, 0.15) is 17.3 Å². The number of rotatable bonds is 4. The molecule has 3 aromatic rings. The lowest BCUT2D eigenvalue weighted by molar-refractivity contribution is 0.415. The Hall–Kier alpha value is -3.22. The van der Waals surface area contributed by atoms with E-state index in [1.165, 1.54) is 16.8 Å². The van der Waals surface area contributed by atoms with Gasteiger partial charge in [-0.15, -0.1) is 5.10 Å². The predicted octanol–water partition coefficient (Wildman–Crippen LogP) is 2.85. The summed E-state index contributed by atoms with van der Waals surface area (Å²) in [5.74, 6) is 0.742. The van der Waals surface area contributed by atoms with E-state index in [0.29, 0.717) is 17.3 Å². The molecule has 0 aliphatic heterocycles. The fourth-order valence-electron chi connectivity index (χ4n) is 2.19. The van der Waals surface area contributed by atoms with E-state index in [2.05, 4.69) is 15.4 Å². The monoisotopic (exact) mass is 325 g/mol. The summed E-state index contributed by atoms with van der Waals surface area (Å²) in [6.45, 7) is 0. The number of hydrogen-bond acceptors (Lipinski definition) is 5. The second kappa shape index (κ2) is 6.49. The Morgan fingerprint density at radius 3 is 2.38 bits per heavy atom. The zero-order valence-corrected chi connectivity index (χ0v) is 13.2. The molecule has 122 valence electrons. The van der Waals surface area contributed by atoms with Crippen LogP contribution in [0.1, 0.15) is 0 Å². The lowest BCUT2D eigenvalue weighted by Gasteiger charge is -2.10. The van der Waals surface area contributed by atoms with Crippen molar-refractivity contribution in [1.82, 2.24) is 14.8 Å². The predicted molar refractivity (Wildman–Crippen MR) is 88.5 cm³/mol. The van der Waals surface area contributed by atoms with E-state index in [4.69, 9.17) is 10.1 Å². The van der Waals surface area contributed by atoms with Crippen molar-refractivity contribution in [3.8, 4) is 17.0 Å². The third-order valence-electron chi connectivity index (χ3n) is 3.47. The molecule has 2 aromatic carbocycles. The number of nitrogens with one attached hydrogen (secondary N) is 2. The number of anilines is 2. The highest BCUT2D eigenvalue weighted by Gasteiger charge is 2.09. The van der Waals surface area contributed by atoms with Crippen LogP contribution in [0.25, 0.3) is 11.3 Å². The van der Waals surface area contributed by atoms with E-state index in [9.17, 15) is 4.39 Å². The molecule has 0 radical (unpaired) electrons. The molecule has 0 saturated heterocycles. The lowest BCUT2D eigenvalue weighted by Crippen LogP contribution is -2.24. The summed E-state index contributed by atoms with van der Waals surface area (Å²) in [4.78, 5) is 4.41. The number of aromatic nitrogens is 3. The molecule has 2 N–H and O–H groups in total. The van der Waals surface area contributed by atoms with Crippen LogP contribution in [0.5, 0.6) is 5.75 Å². The van der Waals surface area contributed by atoms with E-state index >= 15 is 0 Å². The molecule has 0 bridgehead atoms. The van der Waals surface area contributed by atoms with Crippen molar-refractivity contribution >= 4 is 11.6 Å². The van der Waals surface area contributed by atoms with E-state index in [1.807, 2.05) is 24.3 Å². The molecular weight excluding hydrogens is 309 g/mol. The van der Waals surface area contributed by atoms with E-state index < -0.39 is 0 Å².